The number of hydrogen-bond acceptors (Lipinski definition) is 2. The van der Waals surface area contributed by atoms with Gasteiger partial charge in [-0.25, -0.2) is 0 Å². The standard InChI is InChI=1S/C16H24O2/c1-5-6-7-9-13-10-8-11-14(12-13)16(2,3)15(17)18-4/h8,10-12H,5-7,9H2,1-4H3. The van der Waals surface area contributed by atoms with Crippen molar-refractivity contribution in [3.8, 4) is 0 Å². The maximum absolute atomic E-state index is 11.8. The van der Waals surface area contributed by atoms with E-state index >= 15 is 0 Å². The SMILES string of the molecule is CCCCCc1cccc(C(C)(C)C(=O)OC)c1. The van der Waals surface area contributed by atoms with Gasteiger partial charge in [0.15, 0.2) is 0 Å². The largest absolute Gasteiger partial charge is 0.468 e. The molecule has 0 aliphatic heterocycles. The Hall–Kier alpha value is -1.31. The molecule has 18 heavy (non-hydrogen) atoms. The van der Waals surface area contributed by atoms with Crippen LogP contribution in [-0.2, 0) is 21.4 Å². The molecule has 0 saturated heterocycles. The molecular formula is C16H24O2. The fourth-order valence-electron chi connectivity index (χ4n) is 2.07. The van der Waals surface area contributed by atoms with Crippen LogP contribution in [0, 0.1) is 0 Å². The van der Waals surface area contributed by atoms with Gasteiger partial charge in [0, 0.05) is 0 Å². The van der Waals surface area contributed by atoms with E-state index in [0.717, 1.165) is 12.0 Å². The van der Waals surface area contributed by atoms with E-state index in [0.29, 0.717) is 0 Å². The second-order valence-corrected chi connectivity index (χ2v) is 5.27. The van der Waals surface area contributed by atoms with Crippen LogP contribution in [0.25, 0.3) is 0 Å². The first kappa shape index (κ1) is 14.7. The molecule has 0 atom stereocenters. The summed E-state index contributed by atoms with van der Waals surface area (Å²) in [6.07, 6.45) is 4.77. The van der Waals surface area contributed by atoms with Crippen LogP contribution in [-0.4, -0.2) is 13.1 Å². The zero-order valence-corrected chi connectivity index (χ0v) is 12.0. The van der Waals surface area contributed by atoms with Gasteiger partial charge in [0.05, 0.1) is 12.5 Å². The summed E-state index contributed by atoms with van der Waals surface area (Å²) in [4.78, 5) is 11.8. The number of methoxy groups -OCH3 is 1. The minimum atomic E-state index is -0.574. The molecule has 0 bridgehead atoms. The minimum absolute atomic E-state index is 0.187. The lowest BCUT2D eigenvalue weighted by Gasteiger charge is -2.22. The van der Waals surface area contributed by atoms with E-state index in [9.17, 15) is 4.79 Å². The van der Waals surface area contributed by atoms with Crippen molar-refractivity contribution in [3.63, 3.8) is 0 Å². The Kier molecular flexibility index (Phi) is 5.39. The van der Waals surface area contributed by atoms with Gasteiger partial charge >= 0.3 is 5.97 Å². The number of rotatable bonds is 6. The molecule has 0 amide bonds. The van der Waals surface area contributed by atoms with E-state index in [-0.39, 0.29) is 5.97 Å². The molecule has 2 heteroatoms. The van der Waals surface area contributed by atoms with Crippen molar-refractivity contribution in [2.45, 2.75) is 51.9 Å². The summed E-state index contributed by atoms with van der Waals surface area (Å²) in [6, 6.07) is 8.29. The van der Waals surface area contributed by atoms with Crippen LogP contribution < -0.4 is 0 Å². The van der Waals surface area contributed by atoms with Crippen molar-refractivity contribution < 1.29 is 9.53 Å². The van der Waals surface area contributed by atoms with E-state index in [4.69, 9.17) is 4.74 Å². The quantitative estimate of drug-likeness (QED) is 0.564. The smallest absolute Gasteiger partial charge is 0.315 e. The van der Waals surface area contributed by atoms with Crippen molar-refractivity contribution >= 4 is 5.97 Å². The molecule has 1 aromatic rings. The fourth-order valence-corrected chi connectivity index (χ4v) is 2.07. The molecule has 0 aliphatic carbocycles. The van der Waals surface area contributed by atoms with Crippen LogP contribution >= 0.6 is 0 Å². The van der Waals surface area contributed by atoms with Crippen molar-refractivity contribution in [1.82, 2.24) is 0 Å². The lowest BCUT2D eigenvalue weighted by Crippen LogP contribution is -2.30. The van der Waals surface area contributed by atoms with Gasteiger partial charge in [0.1, 0.15) is 0 Å². The molecule has 2 nitrogen and oxygen atoms in total. The summed E-state index contributed by atoms with van der Waals surface area (Å²) < 4.78 is 4.87. The minimum Gasteiger partial charge on any atom is -0.468 e. The van der Waals surface area contributed by atoms with Crippen LogP contribution in [0.4, 0.5) is 0 Å². The number of carbonyl (C=O) groups excluding carboxylic acids is 1. The molecule has 0 heterocycles. The Labute approximate surface area is 110 Å². The van der Waals surface area contributed by atoms with Gasteiger partial charge in [-0.05, 0) is 37.8 Å². The Morgan fingerprint density at radius 2 is 2.00 bits per heavy atom. The molecule has 0 aromatic heterocycles. The van der Waals surface area contributed by atoms with Crippen LogP contribution in [0.3, 0.4) is 0 Å². The highest BCUT2D eigenvalue weighted by molar-refractivity contribution is 5.82. The monoisotopic (exact) mass is 248 g/mol. The Bertz CT molecular complexity index is 394. The predicted octanol–water partition coefficient (Wildman–Crippen LogP) is 3.87. The molecule has 0 saturated carbocycles. The molecule has 0 unspecified atom stereocenters. The number of unbranched alkanes of at least 4 members (excludes halogenated alkanes) is 2. The molecular weight excluding hydrogens is 224 g/mol. The third-order valence-corrected chi connectivity index (χ3v) is 3.41. The summed E-state index contributed by atoms with van der Waals surface area (Å²) in [6.45, 7) is 6.02. The number of carbonyl (C=O) groups is 1. The van der Waals surface area contributed by atoms with E-state index in [1.165, 1.54) is 31.9 Å². The Morgan fingerprint density at radius 3 is 2.61 bits per heavy atom. The van der Waals surface area contributed by atoms with E-state index in [2.05, 4.69) is 19.1 Å². The van der Waals surface area contributed by atoms with E-state index in [1.807, 2.05) is 26.0 Å². The normalized spacial score (nSPS) is 11.3. The predicted molar refractivity (Wildman–Crippen MR) is 74.7 cm³/mol. The number of ether oxygens (including phenoxy) is 1. The highest BCUT2D eigenvalue weighted by atomic mass is 16.5. The average molecular weight is 248 g/mol. The van der Waals surface area contributed by atoms with Crippen LogP contribution in [0.1, 0.15) is 51.2 Å². The van der Waals surface area contributed by atoms with Crippen LogP contribution in [0.15, 0.2) is 24.3 Å². The number of esters is 1. The third-order valence-electron chi connectivity index (χ3n) is 3.41. The van der Waals surface area contributed by atoms with Gasteiger partial charge in [-0.15, -0.1) is 0 Å². The van der Waals surface area contributed by atoms with Gasteiger partial charge in [-0.3, -0.25) is 4.79 Å². The lowest BCUT2D eigenvalue weighted by molar-refractivity contribution is -0.146. The maximum Gasteiger partial charge on any atom is 0.315 e. The highest BCUT2D eigenvalue weighted by Gasteiger charge is 2.30. The highest BCUT2D eigenvalue weighted by Crippen LogP contribution is 2.25. The first-order valence-electron chi connectivity index (χ1n) is 6.70. The van der Waals surface area contributed by atoms with Crippen LogP contribution in [0.2, 0.25) is 0 Å². The molecule has 100 valence electrons. The Morgan fingerprint density at radius 1 is 1.28 bits per heavy atom. The molecule has 1 rings (SSSR count). The average Bonchev–Trinajstić information content (AvgIpc) is 2.38. The summed E-state index contributed by atoms with van der Waals surface area (Å²) in [7, 11) is 1.44. The van der Waals surface area contributed by atoms with Crippen molar-refractivity contribution in [1.29, 1.82) is 0 Å². The summed E-state index contributed by atoms with van der Waals surface area (Å²) >= 11 is 0. The third kappa shape index (κ3) is 3.59. The first-order valence-corrected chi connectivity index (χ1v) is 6.70. The van der Waals surface area contributed by atoms with Crippen molar-refractivity contribution in [3.05, 3.63) is 35.4 Å². The van der Waals surface area contributed by atoms with Gasteiger partial charge in [0.2, 0.25) is 0 Å². The second-order valence-electron chi connectivity index (χ2n) is 5.27. The molecule has 0 radical (unpaired) electrons. The maximum atomic E-state index is 11.8. The Balaban J connectivity index is 2.84. The van der Waals surface area contributed by atoms with E-state index in [1.54, 1.807) is 0 Å². The van der Waals surface area contributed by atoms with Gasteiger partial charge in [-0.2, -0.15) is 0 Å². The molecule has 0 N–H and O–H groups in total. The van der Waals surface area contributed by atoms with Crippen molar-refractivity contribution in [2.75, 3.05) is 7.11 Å². The van der Waals surface area contributed by atoms with Gasteiger partial charge in [-0.1, -0.05) is 44.0 Å². The summed E-state index contributed by atoms with van der Waals surface area (Å²) in [5.41, 5.74) is 1.76. The molecule has 0 aliphatic rings. The number of hydrogen-bond donors (Lipinski definition) is 0. The number of benzene rings is 1. The second kappa shape index (κ2) is 6.58. The summed E-state index contributed by atoms with van der Waals surface area (Å²) in [5.74, 6) is -0.187. The molecule has 0 fully saturated rings. The lowest BCUT2D eigenvalue weighted by atomic mass is 9.83. The van der Waals surface area contributed by atoms with Crippen molar-refractivity contribution in [2.24, 2.45) is 0 Å². The topological polar surface area (TPSA) is 26.3 Å². The zero-order chi connectivity index (χ0) is 13.6. The van der Waals surface area contributed by atoms with E-state index < -0.39 is 5.41 Å². The van der Waals surface area contributed by atoms with Gasteiger partial charge in [0.25, 0.3) is 0 Å². The summed E-state index contributed by atoms with van der Waals surface area (Å²) in [5, 5.41) is 0. The van der Waals surface area contributed by atoms with Gasteiger partial charge < -0.3 is 4.74 Å². The molecule has 0 spiro atoms. The number of aryl methyl sites for hydroxylation is 1. The zero-order valence-electron chi connectivity index (χ0n) is 12.0. The fraction of sp³-hybridized carbons (Fsp3) is 0.562. The molecule has 1 aromatic carbocycles. The van der Waals surface area contributed by atoms with Crippen LogP contribution in [0.5, 0.6) is 0 Å². The first-order chi connectivity index (χ1) is 8.52.